The van der Waals surface area contributed by atoms with Gasteiger partial charge in [-0.25, -0.2) is 0 Å². The van der Waals surface area contributed by atoms with Gasteiger partial charge in [-0.1, -0.05) is 61.7 Å². The molecule has 0 radical (unpaired) electrons. The van der Waals surface area contributed by atoms with Gasteiger partial charge >= 0.3 is 0 Å². The van der Waals surface area contributed by atoms with E-state index in [1.807, 2.05) is 18.2 Å². The predicted octanol–water partition coefficient (Wildman–Crippen LogP) is 4.00. The molecule has 3 rings (SSSR count). The van der Waals surface area contributed by atoms with Crippen LogP contribution in [0.1, 0.15) is 0 Å². The topological polar surface area (TPSA) is 0 Å². The Morgan fingerprint density at radius 2 is 1.42 bits per heavy atom. The second-order valence-electron chi connectivity index (χ2n) is 4.49. The van der Waals surface area contributed by atoms with E-state index in [1.54, 1.807) is 11.3 Å². The van der Waals surface area contributed by atoms with Gasteiger partial charge in [-0.15, -0.1) is 11.3 Å². The molecule has 0 aliphatic rings. The van der Waals surface area contributed by atoms with Crippen molar-refractivity contribution in [3.63, 3.8) is 0 Å². The third-order valence-corrected chi connectivity index (χ3v) is 4.25. The van der Waals surface area contributed by atoms with Crippen LogP contribution in [0.2, 0.25) is 0 Å². The molecule has 0 saturated carbocycles. The van der Waals surface area contributed by atoms with Gasteiger partial charge in [-0.3, -0.25) is 0 Å². The second kappa shape index (κ2) is 4.87. The Kier molecular flexibility index (Phi) is 3.06. The highest BCUT2D eigenvalue weighted by atomic mass is 32.1. The van der Waals surface area contributed by atoms with Crippen LogP contribution in [0.5, 0.6) is 0 Å². The molecule has 1 heteroatoms. The summed E-state index contributed by atoms with van der Waals surface area (Å²) in [5.41, 5.74) is 0. The Morgan fingerprint density at radius 1 is 0.684 bits per heavy atom. The van der Waals surface area contributed by atoms with Gasteiger partial charge in [0, 0.05) is 20.2 Å². The molecule has 0 spiro atoms. The van der Waals surface area contributed by atoms with Gasteiger partial charge < -0.3 is 0 Å². The Labute approximate surface area is 116 Å². The first-order valence-electron chi connectivity index (χ1n) is 6.18. The molecule has 0 aliphatic heterocycles. The molecule has 0 aliphatic carbocycles. The minimum absolute atomic E-state index is 1.00. The van der Waals surface area contributed by atoms with Gasteiger partial charge in [0.2, 0.25) is 0 Å². The molecule has 0 nitrogen and oxygen atoms in total. The van der Waals surface area contributed by atoms with E-state index in [9.17, 15) is 0 Å². The lowest BCUT2D eigenvalue weighted by Gasteiger charge is -1.89. The highest BCUT2D eigenvalue weighted by Crippen LogP contribution is 2.30. The van der Waals surface area contributed by atoms with Crippen molar-refractivity contribution in [2.75, 3.05) is 0 Å². The largest absolute Gasteiger partial charge is 0.135 e. The van der Waals surface area contributed by atoms with Crippen LogP contribution in [0.25, 0.3) is 33.3 Å². The third-order valence-electron chi connectivity index (χ3n) is 3.11. The van der Waals surface area contributed by atoms with Crippen LogP contribution in [0.3, 0.4) is 0 Å². The average Bonchev–Trinajstić information content (AvgIpc) is 2.79. The Bertz CT molecular complexity index is 902. The monoisotopic (exact) mass is 262 g/mol. The fourth-order valence-corrected chi connectivity index (χ4v) is 3.33. The highest BCUT2D eigenvalue weighted by molar-refractivity contribution is 7.25. The Balaban J connectivity index is 2.62. The van der Waals surface area contributed by atoms with Crippen molar-refractivity contribution in [1.29, 1.82) is 0 Å². The summed E-state index contributed by atoms with van der Waals surface area (Å²) in [5, 5.41) is 4.56. The standard InChI is InChI=1S/C18H14S/c1-13-7-3-4-8-14(2)18-15-9-5-6-10-16(15)19-17(18)12-11-13/h3-12H,1-2H2. The van der Waals surface area contributed by atoms with Crippen LogP contribution in [0.4, 0.5) is 0 Å². The number of thiophene rings is 1. The molecule has 0 N–H and O–H groups in total. The number of rotatable bonds is 0. The van der Waals surface area contributed by atoms with Gasteiger partial charge in [0.1, 0.15) is 0 Å². The maximum Gasteiger partial charge on any atom is 0.0361 e. The zero-order valence-electron chi connectivity index (χ0n) is 10.6. The summed E-state index contributed by atoms with van der Waals surface area (Å²) in [4.78, 5) is 0. The van der Waals surface area contributed by atoms with Gasteiger partial charge in [0.25, 0.3) is 0 Å². The van der Waals surface area contributed by atoms with Crippen LogP contribution >= 0.6 is 11.3 Å². The van der Waals surface area contributed by atoms with Crippen molar-refractivity contribution in [1.82, 2.24) is 0 Å². The van der Waals surface area contributed by atoms with Crippen molar-refractivity contribution in [2.45, 2.75) is 0 Å². The smallest absolute Gasteiger partial charge is 0.0361 e. The van der Waals surface area contributed by atoms with E-state index in [0.29, 0.717) is 0 Å². The van der Waals surface area contributed by atoms with E-state index in [1.165, 1.54) is 20.2 Å². The summed E-state index contributed by atoms with van der Waals surface area (Å²) in [7, 11) is 0. The van der Waals surface area contributed by atoms with Crippen molar-refractivity contribution in [3.05, 3.63) is 71.1 Å². The number of benzene rings is 1. The summed E-state index contributed by atoms with van der Waals surface area (Å²) in [6, 6.07) is 20.7. The Hall–Kier alpha value is -2.12. The van der Waals surface area contributed by atoms with Gasteiger partial charge in [-0.2, -0.15) is 0 Å². The molecule has 0 unspecified atom stereocenters. The second-order valence-corrected chi connectivity index (χ2v) is 5.57. The molecule has 3 aromatic rings. The number of hydrogen-bond donors (Lipinski definition) is 0. The van der Waals surface area contributed by atoms with Crippen LogP contribution < -0.4 is 10.4 Å². The predicted molar refractivity (Wildman–Crippen MR) is 87.3 cm³/mol. The van der Waals surface area contributed by atoms with E-state index in [2.05, 4.69) is 55.6 Å². The molecule has 0 atom stereocenters. The molecule has 1 heterocycles. The first kappa shape index (κ1) is 11.9. The highest BCUT2D eigenvalue weighted by Gasteiger charge is 2.01. The first-order chi connectivity index (χ1) is 9.25. The fraction of sp³-hybridized carbons (Fsp3) is 0. The van der Waals surface area contributed by atoms with Crippen LogP contribution in [-0.4, -0.2) is 0 Å². The average molecular weight is 262 g/mol. The molecular weight excluding hydrogens is 248 g/mol. The van der Waals surface area contributed by atoms with E-state index in [-0.39, 0.29) is 0 Å². The molecule has 19 heavy (non-hydrogen) atoms. The first-order valence-corrected chi connectivity index (χ1v) is 7.00. The maximum atomic E-state index is 4.20. The quantitative estimate of drug-likeness (QED) is 0.574. The zero-order chi connectivity index (χ0) is 13.2. The number of hydrogen-bond acceptors (Lipinski definition) is 1. The maximum absolute atomic E-state index is 4.20. The molecule has 0 saturated heterocycles. The minimum atomic E-state index is 1.00. The minimum Gasteiger partial charge on any atom is -0.135 e. The molecule has 92 valence electrons. The van der Waals surface area contributed by atoms with Crippen molar-refractivity contribution in [3.8, 4) is 0 Å². The normalized spacial score (nSPS) is 10.5. The lowest BCUT2D eigenvalue weighted by molar-refractivity contribution is 1.68. The summed E-state index contributed by atoms with van der Waals surface area (Å²) in [6.07, 6.45) is 0. The molecule has 0 fully saturated rings. The summed E-state index contributed by atoms with van der Waals surface area (Å²) in [6.45, 7) is 8.21. The van der Waals surface area contributed by atoms with E-state index in [4.69, 9.17) is 0 Å². The van der Waals surface area contributed by atoms with Gasteiger partial charge in [0.05, 0.1) is 0 Å². The summed E-state index contributed by atoms with van der Waals surface area (Å²) < 4.78 is 2.54. The van der Waals surface area contributed by atoms with E-state index < -0.39 is 0 Å². The third kappa shape index (κ3) is 2.25. The van der Waals surface area contributed by atoms with Crippen LogP contribution in [0, 0.1) is 0 Å². The molecule has 0 bridgehead atoms. The SMILES string of the molecule is C=c1ccccc(=C)c2c(cc1)sc1ccccc12. The van der Waals surface area contributed by atoms with Gasteiger partial charge in [-0.05, 0) is 22.6 Å². The molecular formula is C18H14S. The van der Waals surface area contributed by atoms with Gasteiger partial charge in [0.15, 0.2) is 0 Å². The van der Waals surface area contributed by atoms with Crippen molar-refractivity contribution in [2.24, 2.45) is 0 Å². The van der Waals surface area contributed by atoms with Crippen LogP contribution in [-0.2, 0) is 0 Å². The van der Waals surface area contributed by atoms with Crippen LogP contribution in [0.15, 0.2) is 60.7 Å². The number of fused-ring (bicyclic) bond motifs is 3. The van der Waals surface area contributed by atoms with E-state index in [0.717, 1.165) is 10.4 Å². The Morgan fingerprint density at radius 3 is 2.32 bits per heavy atom. The van der Waals surface area contributed by atoms with E-state index >= 15 is 0 Å². The zero-order valence-corrected chi connectivity index (χ0v) is 11.4. The summed E-state index contributed by atoms with van der Waals surface area (Å²) >= 11 is 1.80. The lowest BCUT2D eigenvalue weighted by atomic mass is 10.1. The molecule has 2 aromatic carbocycles. The molecule has 0 amide bonds. The van der Waals surface area contributed by atoms with Crippen molar-refractivity contribution >= 4 is 44.7 Å². The summed E-state index contributed by atoms with van der Waals surface area (Å²) in [5.74, 6) is 0. The lowest BCUT2D eigenvalue weighted by Crippen LogP contribution is -1.94. The molecule has 1 aromatic heterocycles. The fourth-order valence-electron chi connectivity index (χ4n) is 2.19. The van der Waals surface area contributed by atoms with Crippen molar-refractivity contribution < 1.29 is 0 Å².